The summed E-state index contributed by atoms with van der Waals surface area (Å²) in [5.74, 6) is -1.42. The predicted molar refractivity (Wildman–Crippen MR) is 51.9 cm³/mol. The van der Waals surface area contributed by atoms with E-state index in [2.05, 4.69) is 11.9 Å². The van der Waals surface area contributed by atoms with E-state index in [1.807, 2.05) is 0 Å². The van der Waals surface area contributed by atoms with Crippen molar-refractivity contribution in [3.8, 4) is 5.75 Å². The summed E-state index contributed by atoms with van der Waals surface area (Å²) in [6.45, 7) is 2.89. The van der Waals surface area contributed by atoms with Gasteiger partial charge < -0.3 is 10.1 Å². The molecule has 14 heavy (non-hydrogen) atoms. The molecule has 3 nitrogen and oxygen atoms in total. The third-order valence-electron chi connectivity index (χ3n) is 1.60. The molecular formula is C10H10FNO2. The normalized spacial score (nSPS) is 9.29. The van der Waals surface area contributed by atoms with Crippen molar-refractivity contribution in [2.24, 2.45) is 0 Å². The quantitative estimate of drug-likeness (QED) is 0.750. The second kappa shape index (κ2) is 4.41. The molecule has 74 valence electrons. The smallest absolute Gasteiger partial charge is 0.283 e. The number of para-hydroxylation sites is 2. The van der Waals surface area contributed by atoms with Crippen molar-refractivity contribution in [3.05, 3.63) is 36.7 Å². The Morgan fingerprint density at radius 2 is 2.14 bits per heavy atom. The van der Waals surface area contributed by atoms with Gasteiger partial charge in [0, 0.05) is 0 Å². The van der Waals surface area contributed by atoms with Crippen LogP contribution < -0.4 is 10.1 Å². The van der Waals surface area contributed by atoms with Gasteiger partial charge in [-0.25, -0.2) is 4.39 Å². The van der Waals surface area contributed by atoms with E-state index in [1.165, 1.54) is 7.11 Å². The molecule has 1 aromatic rings. The Kier molecular flexibility index (Phi) is 3.23. The Morgan fingerprint density at radius 1 is 1.50 bits per heavy atom. The minimum atomic E-state index is -1.03. The highest BCUT2D eigenvalue weighted by Gasteiger charge is 2.08. The van der Waals surface area contributed by atoms with Crippen molar-refractivity contribution in [3.63, 3.8) is 0 Å². The SMILES string of the molecule is C=C(F)C(=O)Nc1ccccc1OC. The van der Waals surface area contributed by atoms with Crippen LogP contribution in [0.4, 0.5) is 10.1 Å². The first-order chi connectivity index (χ1) is 6.65. The number of methoxy groups -OCH3 is 1. The molecule has 1 rings (SSSR count). The highest BCUT2D eigenvalue weighted by atomic mass is 19.1. The number of rotatable bonds is 3. The van der Waals surface area contributed by atoms with E-state index in [0.29, 0.717) is 11.4 Å². The van der Waals surface area contributed by atoms with Gasteiger partial charge >= 0.3 is 0 Å². The first kappa shape index (κ1) is 10.2. The van der Waals surface area contributed by atoms with E-state index in [0.717, 1.165) is 0 Å². The standard InChI is InChI=1S/C10H10FNO2/c1-7(11)10(13)12-8-5-3-4-6-9(8)14-2/h3-6H,1H2,2H3,(H,12,13). The number of carbonyl (C=O) groups excluding carboxylic acids is 1. The first-order valence-electron chi connectivity index (χ1n) is 3.94. The molecule has 4 heteroatoms. The van der Waals surface area contributed by atoms with Crippen LogP contribution in [-0.2, 0) is 4.79 Å². The predicted octanol–water partition coefficient (Wildman–Crippen LogP) is 2.12. The van der Waals surface area contributed by atoms with Gasteiger partial charge in [-0.15, -0.1) is 0 Å². The lowest BCUT2D eigenvalue weighted by Crippen LogP contribution is -2.11. The number of amides is 1. The van der Waals surface area contributed by atoms with Crippen LogP contribution in [0.3, 0.4) is 0 Å². The molecule has 0 aromatic heterocycles. The number of halogens is 1. The third kappa shape index (κ3) is 2.32. The zero-order valence-corrected chi connectivity index (χ0v) is 7.71. The van der Waals surface area contributed by atoms with Crippen LogP contribution in [0.15, 0.2) is 36.7 Å². The molecule has 0 bridgehead atoms. The molecule has 0 radical (unpaired) electrons. The zero-order chi connectivity index (χ0) is 10.6. The fourth-order valence-corrected chi connectivity index (χ4v) is 0.938. The van der Waals surface area contributed by atoms with Gasteiger partial charge in [-0.1, -0.05) is 18.7 Å². The van der Waals surface area contributed by atoms with Crippen molar-refractivity contribution in [1.29, 1.82) is 0 Å². The summed E-state index contributed by atoms with van der Waals surface area (Å²) >= 11 is 0. The number of carbonyl (C=O) groups is 1. The second-order valence-electron chi connectivity index (χ2n) is 2.56. The lowest BCUT2D eigenvalue weighted by molar-refractivity contribution is -0.114. The Morgan fingerprint density at radius 3 is 2.71 bits per heavy atom. The second-order valence-corrected chi connectivity index (χ2v) is 2.56. The molecule has 0 saturated heterocycles. The Hall–Kier alpha value is -1.84. The van der Waals surface area contributed by atoms with E-state index in [-0.39, 0.29) is 0 Å². The maximum atomic E-state index is 12.4. The lowest BCUT2D eigenvalue weighted by Gasteiger charge is -2.08. The van der Waals surface area contributed by atoms with Crippen molar-refractivity contribution in [1.82, 2.24) is 0 Å². The number of nitrogens with one attached hydrogen (secondary N) is 1. The van der Waals surface area contributed by atoms with Crippen LogP contribution in [0.25, 0.3) is 0 Å². The van der Waals surface area contributed by atoms with Gasteiger partial charge in [-0.05, 0) is 12.1 Å². The fourth-order valence-electron chi connectivity index (χ4n) is 0.938. The van der Waals surface area contributed by atoms with Gasteiger partial charge in [0.25, 0.3) is 5.91 Å². The Labute approximate surface area is 81.2 Å². The number of benzene rings is 1. The summed E-state index contributed by atoms with van der Waals surface area (Å²) in [6, 6.07) is 6.73. The van der Waals surface area contributed by atoms with Crippen molar-refractivity contribution < 1.29 is 13.9 Å². The maximum absolute atomic E-state index is 12.4. The van der Waals surface area contributed by atoms with Gasteiger partial charge in [0.05, 0.1) is 12.8 Å². The fraction of sp³-hybridized carbons (Fsp3) is 0.100. The Balaban J connectivity index is 2.85. The summed E-state index contributed by atoms with van der Waals surface area (Å²) in [5, 5.41) is 2.32. The van der Waals surface area contributed by atoms with Gasteiger partial charge in [-0.2, -0.15) is 0 Å². The molecule has 1 N–H and O–H groups in total. The zero-order valence-electron chi connectivity index (χ0n) is 7.71. The van der Waals surface area contributed by atoms with Crippen LogP contribution in [0.2, 0.25) is 0 Å². The van der Waals surface area contributed by atoms with Crippen LogP contribution >= 0.6 is 0 Å². The first-order valence-corrected chi connectivity index (χ1v) is 3.94. The Bertz CT molecular complexity index is 363. The largest absolute Gasteiger partial charge is 0.495 e. The highest BCUT2D eigenvalue weighted by Crippen LogP contribution is 2.23. The van der Waals surface area contributed by atoms with Crippen molar-refractivity contribution >= 4 is 11.6 Å². The molecule has 0 aliphatic carbocycles. The molecule has 0 aliphatic heterocycles. The molecule has 0 unspecified atom stereocenters. The van der Waals surface area contributed by atoms with E-state index >= 15 is 0 Å². The highest BCUT2D eigenvalue weighted by molar-refractivity contribution is 6.02. The van der Waals surface area contributed by atoms with Gasteiger partial charge in [0.2, 0.25) is 0 Å². The topological polar surface area (TPSA) is 38.3 Å². The van der Waals surface area contributed by atoms with Crippen LogP contribution in [-0.4, -0.2) is 13.0 Å². The summed E-state index contributed by atoms with van der Waals surface area (Å²) in [7, 11) is 1.47. The molecule has 0 spiro atoms. The number of anilines is 1. The summed E-state index contributed by atoms with van der Waals surface area (Å²) < 4.78 is 17.3. The van der Waals surface area contributed by atoms with Gasteiger partial charge in [0.1, 0.15) is 5.75 Å². The van der Waals surface area contributed by atoms with E-state index in [9.17, 15) is 9.18 Å². The number of hydrogen-bond acceptors (Lipinski definition) is 2. The lowest BCUT2D eigenvalue weighted by atomic mass is 10.3. The molecule has 0 fully saturated rings. The van der Waals surface area contributed by atoms with Crippen LogP contribution in [0.5, 0.6) is 5.75 Å². The van der Waals surface area contributed by atoms with Gasteiger partial charge in [-0.3, -0.25) is 4.79 Å². The third-order valence-corrected chi connectivity index (χ3v) is 1.60. The van der Waals surface area contributed by atoms with Crippen LogP contribution in [0.1, 0.15) is 0 Å². The van der Waals surface area contributed by atoms with Crippen LogP contribution in [0, 0.1) is 0 Å². The minimum Gasteiger partial charge on any atom is -0.495 e. The summed E-state index contributed by atoms with van der Waals surface area (Å²) in [4.78, 5) is 10.9. The van der Waals surface area contributed by atoms with Gasteiger partial charge in [0.15, 0.2) is 5.83 Å². The van der Waals surface area contributed by atoms with Crippen molar-refractivity contribution in [2.45, 2.75) is 0 Å². The van der Waals surface area contributed by atoms with E-state index in [4.69, 9.17) is 4.74 Å². The summed E-state index contributed by atoms with van der Waals surface area (Å²) in [5.41, 5.74) is 0.416. The van der Waals surface area contributed by atoms with Crippen molar-refractivity contribution in [2.75, 3.05) is 12.4 Å². The number of ether oxygens (including phenoxy) is 1. The molecule has 1 aromatic carbocycles. The van der Waals surface area contributed by atoms with E-state index < -0.39 is 11.7 Å². The molecule has 0 heterocycles. The summed E-state index contributed by atoms with van der Waals surface area (Å²) in [6.07, 6.45) is 0. The molecule has 0 atom stereocenters. The number of hydrogen-bond donors (Lipinski definition) is 1. The average molecular weight is 195 g/mol. The monoisotopic (exact) mass is 195 g/mol. The molecular weight excluding hydrogens is 185 g/mol. The molecule has 0 saturated carbocycles. The molecule has 1 amide bonds. The van der Waals surface area contributed by atoms with E-state index in [1.54, 1.807) is 24.3 Å². The maximum Gasteiger partial charge on any atom is 0.283 e. The minimum absolute atomic E-state index is 0.416. The average Bonchev–Trinajstić information content (AvgIpc) is 2.18. The molecule has 0 aliphatic rings.